The van der Waals surface area contributed by atoms with Gasteiger partial charge in [0.1, 0.15) is 0 Å². The van der Waals surface area contributed by atoms with E-state index in [-0.39, 0.29) is 23.5 Å². The van der Waals surface area contributed by atoms with Crippen molar-refractivity contribution in [1.29, 1.82) is 0 Å². The Morgan fingerprint density at radius 1 is 1.33 bits per heavy atom. The second kappa shape index (κ2) is 5.14. The maximum absolute atomic E-state index is 11.1. The molecule has 0 spiro atoms. The molecule has 0 saturated heterocycles. The summed E-state index contributed by atoms with van der Waals surface area (Å²) >= 11 is 5.31. The molecule has 0 rings (SSSR count). The van der Waals surface area contributed by atoms with Crippen molar-refractivity contribution >= 4 is 23.3 Å². The number of ketones is 1. The molecule has 1 atom stereocenters. The molecule has 1 N–H and O–H groups in total. The molecule has 0 aliphatic carbocycles. The Bertz CT molecular complexity index is 180. The van der Waals surface area contributed by atoms with E-state index in [9.17, 15) is 9.59 Å². The summed E-state index contributed by atoms with van der Waals surface area (Å²) < 4.78 is 0. The molecule has 0 heterocycles. The van der Waals surface area contributed by atoms with Gasteiger partial charge in [-0.05, 0) is 6.92 Å². The van der Waals surface area contributed by atoms with Crippen LogP contribution in [0.1, 0.15) is 20.8 Å². The lowest BCUT2D eigenvalue weighted by Gasteiger charge is -2.12. The van der Waals surface area contributed by atoms with Crippen molar-refractivity contribution in [3.8, 4) is 0 Å². The highest BCUT2D eigenvalue weighted by Gasteiger charge is 2.15. The van der Waals surface area contributed by atoms with E-state index in [0.29, 0.717) is 0 Å². The summed E-state index contributed by atoms with van der Waals surface area (Å²) in [6, 6.07) is -0.475. The van der Waals surface area contributed by atoms with Gasteiger partial charge in [-0.15, -0.1) is 11.6 Å². The van der Waals surface area contributed by atoms with Crippen LogP contribution in [0, 0.1) is 5.92 Å². The van der Waals surface area contributed by atoms with E-state index in [1.54, 1.807) is 20.8 Å². The van der Waals surface area contributed by atoms with Gasteiger partial charge in [0.25, 0.3) is 0 Å². The number of hydrogen-bond donors (Lipinski definition) is 1. The Morgan fingerprint density at radius 2 is 1.83 bits per heavy atom. The highest BCUT2D eigenvalue weighted by Crippen LogP contribution is 1.94. The average molecular weight is 192 g/mol. The van der Waals surface area contributed by atoms with Gasteiger partial charge in [0.2, 0.25) is 5.91 Å². The highest BCUT2D eigenvalue weighted by atomic mass is 35.5. The number of carbonyl (C=O) groups is 2. The quantitative estimate of drug-likeness (QED) is 0.673. The maximum atomic E-state index is 11.1. The van der Waals surface area contributed by atoms with E-state index in [1.165, 1.54) is 0 Å². The topological polar surface area (TPSA) is 46.2 Å². The van der Waals surface area contributed by atoms with Crippen LogP contribution in [0.4, 0.5) is 0 Å². The minimum atomic E-state index is -0.475. The van der Waals surface area contributed by atoms with E-state index in [1.807, 2.05) is 0 Å². The van der Waals surface area contributed by atoms with Crippen LogP contribution in [0.2, 0.25) is 0 Å². The number of nitrogens with one attached hydrogen (secondary N) is 1. The van der Waals surface area contributed by atoms with Crippen LogP contribution in [0.5, 0.6) is 0 Å². The molecule has 0 aromatic heterocycles. The van der Waals surface area contributed by atoms with Crippen LogP contribution >= 0.6 is 11.6 Å². The molecular weight excluding hydrogens is 178 g/mol. The van der Waals surface area contributed by atoms with Crippen molar-refractivity contribution in [2.24, 2.45) is 5.92 Å². The number of amides is 1. The fourth-order valence-electron chi connectivity index (χ4n) is 0.576. The van der Waals surface area contributed by atoms with Crippen molar-refractivity contribution in [2.75, 3.05) is 5.88 Å². The molecule has 0 aliphatic rings. The molecule has 70 valence electrons. The summed E-state index contributed by atoms with van der Waals surface area (Å²) in [5.41, 5.74) is 0. The van der Waals surface area contributed by atoms with Crippen LogP contribution in [-0.4, -0.2) is 23.6 Å². The number of rotatable bonds is 4. The molecule has 0 fully saturated rings. The maximum Gasteiger partial charge on any atom is 0.223 e. The van der Waals surface area contributed by atoms with Gasteiger partial charge in [-0.2, -0.15) is 0 Å². The predicted molar refractivity (Wildman–Crippen MR) is 48.2 cm³/mol. The Labute approximate surface area is 77.5 Å². The standard InChI is InChI=1S/C8H14ClNO2/c1-5(2)8(12)10-6(3)7(11)4-9/h5-6H,4H2,1-3H3,(H,10,12). The van der Waals surface area contributed by atoms with Crippen molar-refractivity contribution in [1.82, 2.24) is 5.32 Å². The van der Waals surface area contributed by atoms with Crippen LogP contribution in [-0.2, 0) is 9.59 Å². The second-order valence-corrected chi connectivity index (χ2v) is 3.25. The van der Waals surface area contributed by atoms with Crippen molar-refractivity contribution in [3.05, 3.63) is 0 Å². The molecule has 0 aliphatic heterocycles. The van der Waals surface area contributed by atoms with Gasteiger partial charge in [-0.1, -0.05) is 13.8 Å². The number of alkyl halides is 1. The summed E-state index contributed by atoms with van der Waals surface area (Å²) in [5, 5.41) is 2.56. The highest BCUT2D eigenvalue weighted by molar-refractivity contribution is 6.28. The van der Waals surface area contributed by atoms with Crippen molar-refractivity contribution in [3.63, 3.8) is 0 Å². The minimum absolute atomic E-state index is 0.0560. The summed E-state index contributed by atoms with van der Waals surface area (Å²) in [6.45, 7) is 5.17. The Hall–Kier alpha value is -0.570. The van der Waals surface area contributed by atoms with E-state index < -0.39 is 6.04 Å². The van der Waals surface area contributed by atoms with Crippen LogP contribution in [0.15, 0.2) is 0 Å². The molecule has 0 saturated carbocycles. The van der Waals surface area contributed by atoms with E-state index in [0.717, 1.165) is 0 Å². The third kappa shape index (κ3) is 3.72. The molecule has 12 heavy (non-hydrogen) atoms. The lowest BCUT2D eigenvalue weighted by molar-refractivity contribution is -0.128. The number of halogens is 1. The fourth-order valence-corrected chi connectivity index (χ4v) is 0.808. The molecule has 1 amide bonds. The fraction of sp³-hybridized carbons (Fsp3) is 0.750. The first-order valence-corrected chi connectivity index (χ1v) is 4.41. The van der Waals surface area contributed by atoms with E-state index in [4.69, 9.17) is 11.6 Å². The summed E-state index contributed by atoms with van der Waals surface area (Å²) in [7, 11) is 0. The van der Waals surface area contributed by atoms with Gasteiger partial charge in [-0.3, -0.25) is 9.59 Å². The van der Waals surface area contributed by atoms with E-state index in [2.05, 4.69) is 5.32 Å². The van der Waals surface area contributed by atoms with Crippen molar-refractivity contribution < 1.29 is 9.59 Å². The first-order valence-electron chi connectivity index (χ1n) is 3.88. The Kier molecular flexibility index (Phi) is 4.90. The number of hydrogen-bond acceptors (Lipinski definition) is 2. The summed E-state index contributed by atoms with van der Waals surface area (Å²) in [4.78, 5) is 22.0. The SMILES string of the molecule is CC(C)C(=O)NC(C)C(=O)CCl. The Morgan fingerprint density at radius 3 is 2.17 bits per heavy atom. The molecule has 1 unspecified atom stereocenters. The molecular formula is C8H14ClNO2. The summed E-state index contributed by atoms with van der Waals surface area (Å²) in [6.07, 6.45) is 0. The monoisotopic (exact) mass is 191 g/mol. The summed E-state index contributed by atoms with van der Waals surface area (Å²) in [5.74, 6) is -0.443. The van der Waals surface area contributed by atoms with Gasteiger partial charge >= 0.3 is 0 Å². The molecule has 0 aromatic carbocycles. The Balaban J connectivity index is 3.92. The van der Waals surface area contributed by atoms with Gasteiger partial charge in [-0.25, -0.2) is 0 Å². The zero-order valence-electron chi connectivity index (χ0n) is 7.56. The van der Waals surface area contributed by atoms with Crippen molar-refractivity contribution in [2.45, 2.75) is 26.8 Å². The zero-order chi connectivity index (χ0) is 9.72. The normalized spacial score (nSPS) is 12.8. The average Bonchev–Trinajstić information content (AvgIpc) is 2.02. The lowest BCUT2D eigenvalue weighted by atomic mass is 10.1. The third-order valence-electron chi connectivity index (χ3n) is 1.50. The van der Waals surface area contributed by atoms with E-state index >= 15 is 0 Å². The number of carbonyl (C=O) groups excluding carboxylic acids is 2. The zero-order valence-corrected chi connectivity index (χ0v) is 8.31. The minimum Gasteiger partial charge on any atom is -0.346 e. The van der Waals surface area contributed by atoms with Gasteiger partial charge < -0.3 is 5.32 Å². The number of Topliss-reactive ketones (excluding diaryl/α,β-unsaturated/α-hetero) is 1. The van der Waals surface area contributed by atoms with Crippen LogP contribution < -0.4 is 5.32 Å². The molecule has 0 aromatic rings. The molecule has 4 heteroatoms. The van der Waals surface area contributed by atoms with Crippen LogP contribution in [0.25, 0.3) is 0 Å². The lowest BCUT2D eigenvalue weighted by Crippen LogP contribution is -2.41. The third-order valence-corrected chi connectivity index (χ3v) is 1.76. The van der Waals surface area contributed by atoms with Gasteiger partial charge in [0.15, 0.2) is 5.78 Å². The largest absolute Gasteiger partial charge is 0.346 e. The molecule has 0 bridgehead atoms. The van der Waals surface area contributed by atoms with Crippen LogP contribution in [0.3, 0.4) is 0 Å². The molecule has 3 nitrogen and oxygen atoms in total. The smallest absolute Gasteiger partial charge is 0.223 e. The first-order chi connectivity index (χ1) is 5.49. The molecule has 0 radical (unpaired) electrons. The van der Waals surface area contributed by atoms with Gasteiger partial charge in [0, 0.05) is 5.92 Å². The second-order valence-electron chi connectivity index (χ2n) is 2.98. The first kappa shape index (κ1) is 11.4. The van der Waals surface area contributed by atoms with Gasteiger partial charge in [0.05, 0.1) is 11.9 Å². The predicted octanol–water partition coefficient (Wildman–Crippen LogP) is 0.955.